The lowest BCUT2D eigenvalue weighted by atomic mass is 9.96. The maximum Gasteiger partial charge on any atom is 0.220 e. The van der Waals surface area contributed by atoms with Crippen LogP contribution < -0.4 is 5.32 Å². The van der Waals surface area contributed by atoms with Crippen molar-refractivity contribution in [3.8, 4) is 0 Å². The highest BCUT2D eigenvalue weighted by Crippen LogP contribution is 2.33. The summed E-state index contributed by atoms with van der Waals surface area (Å²) in [4.78, 5) is 13.4. The molecule has 85 heavy (non-hydrogen) atoms. The van der Waals surface area contributed by atoms with Gasteiger partial charge in [0.1, 0.15) is 73.2 Å². The monoisotopic (exact) mass is 1210 g/mol. The fourth-order valence-corrected chi connectivity index (χ4v) is 11.1. The Bertz CT molecular complexity index is 1740. The number of allylic oxidation sites excluding steroid dienone is 7. The van der Waals surface area contributed by atoms with E-state index in [2.05, 4.69) is 55.6 Å². The molecule has 3 heterocycles. The van der Waals surface area contributed by atoms with E-state index in [0.29, 0.717) is 12.8 Å². The number of unbranched alkanes of at least 4 members (excludes halogenated alkanes) is 28. The third-order valence-corrected chi connectivity index (χ3v) is 16.6. The Morgan fingerprint density at radius 2 is 0.788 bits per heavy atom. The summed E-state index contributed by atoms with van der Waals surface area (Å²) in [6.07, 6.45) is 29.4. The zero-order chi connectivity index (χ0) is 61.9. The van der Waals surface area contributed by atoms with Gasteiger partial charge in [-0.05, 0) is 64.2 Å². The average Bonchev–Trinajstić information content (AvgIpc) is 3.10. The van der Waals surface area contributed by atoms with Gasteiger partial charge >= 0.3 is 0 Å². The number of ether oxygens (including phenoxy) is 6. The van der Waals surface area contributed by atoms with Gasteiger partial charge < -0.3 is 89.9 Å². The molecule has 17 atom stereocenters. The van der Waals surface area contributed by atoms with Crippen LogP contribution in [0.4, 0.5) is 0 Å². The van der Waals surface area contributed by atoms with Crippen molar-refractivity contribution in [3.63, 3.8) is 0 Å². The lowest BCUT2D eigenvalue weighted by Gasteiger charge is -2.48. The molecule has 12 N–H and O–H groups in total. The van der Waals surface area contributed by atoms with Crippen LogP contribution in [-0.4, -0.2) is 193 Å². The summed E-state index contributed by atoms with van der Waals surface area (Å²) in [5.74, 6) is -0.294. The highest BCUT2D eigenvalue weighted by molar-refractivity contribution is 5.76. The Balaban J connectivity index is 1.48. The Kier molecular flexibility index (Phi) is 44.0. The van der Waals surface area contributed by atoms with Crippen LogP contribution in [0.25, 0.3) is 0 Å². The molecular formula is C66H119NO18. The summed E-state index contributed by atoms with van der Waals surface area (Å²) >= 11 is 0. The van der Waals surface area contributed by atoms with Gasteiger partial charge in [0.05, 0.1) is 38.6 Å². The van der Waals surface area contributed by atoms with Crippen molar-refractivity contribution in [2.45, 2.75) is 336 Å². The van der Waals surface area contributed by atoms with Gasteiger partial charge in [0, 0.05) is 6.42 Å². The molecular weight excluding hydrogens is 1090 g/mol. The quantitative estimate of drug-likeness (QED) is 0.0204. The minimum atomic E-state index is -1.98. The predicted molar refractivity (Wildman–Crippen MR) is 328 cm³/mol. The summed E-state index contributed by atoms with van der Waals surface area (Å²) in [6.45, 7) is 1.69. The van der Waals surface area contributed by atoms with Crippen LogP contribution >= 0.6 is 0 Å². The van der Waals surface area contributed by atoms with Crippen molar-refractivity contribution in [2.24, 2.45) is 0 Å². The molecule has 0 saturated carbocycles. The van der Waals surface area contributed by atoms with E-state index in [1.54, 1.807) is 6.08 Å². The largest absolute Gasteiger partial charge is 0.394 e. The van der Waals surface area contributed by atoms with Crippen molar-refractivity contribution in [2.75, 3.05) is 26.4 Å². The molecule has 3 aliphatic heterocycles. The van der Waals surface area contributed by atoms with E-state index in [1.807, 2.05) is 6.08 Å². The van der Waals surface area contributed by atoms with Crippen LogP contribution in [0.1, 0.15) is 232 Å². The maximum atomic E-state index is 13.4. The number of nitrogens with one attached hydrogen (secondary N) is 1. The van der Waals surface area contributed by atoms with Gasteiger partial charge in [0.25, 0.3) is 0 Å². The first-order valence-corrected chi connectivity index (χ1v) is 33.4. The maximum absolute atomic E-state index is 13.4. The van der Waals surface area contributed by atoms with E-state index in [-0.39, 0.29) is 18.9 Å². The normalized spacial score (nSPS) is 29.3. The number of rotatable bonds is 50. The van der Waals surface area contributed by atoms with Crippen LogP contribution in [0.2, 0.25) is 0 Å². The molecule has 0 radical (unpaired) electrons. The number of hydrogen-bond donors (Lipinski definition) is 12. The molecule has 0 bridgehead atoms. The molecule has 3 rings (SSSR count). The second-order valence-corrected chi connectivity index (χ2v) is 23.9. The molecule has 1 amide bonds. The third-order valence-electron chi connectivity index (χ3n) is 16.6. The van der Waals surface area contributed by atoms with Gasteiger partial charge in [-0.1, -0.05) is 210 Å². The van der Waals surface area contributed by atoms with Crippen molar-refractivity contribution < 1.29 is 89.4 Å². The molecule has 496 valence electrons. The molecule has 3 aliphatic rings. The van der Waals surface area contributed by atoms with E-state index >= 15 is 0 Å². The van der Waals surface area contributed by atoms with Crippen molar-refractivity contribution in [1.29, 1.82) is 0 Å². The third kappa shape index (κ3) is 31.4. The second kappa shape index (κ2) is 48.6. The fourth-order valence-electron chi connectivity index (χ4n) is 11.1. The zero-order valence-corrected chi connectivity index (χ0v) is 52.1. The summed E-state index contributed by atoms with van der Waals surface area (Å²) < 4.78 is 34.3. The molecule has 17 unspecified atom stereocenters. The van der Waals surface area contributed by atoms with Crippen molar-refractivity contribution >= 4 is 5.91 Å². The lowest BCUT2D eigenvalue weighted by Crippen LogP contribution is -2.66. The fraction of sp³-hybridized carbons (Fsp3) is 0.864. The molecule has 0 aromatic rings. The second-order valence-electron chi connectivity index (χ2n) is 23.9. The molecule has 3 fully saturated rings. The summed E-state index contributed by atoms with van der Waals surface area (Å²) in [7, 11) is 0. The van der Waals surface area contributed by atoms with E-state index in [4.69, 9.17) is 28.4 Å². The van der Waals surface area contributed by atoms with Gasteiger partial charge in [-0.25, -0.2) is 0 Å². The number of aliphatic hydroxyl groups is 11. The van der Waals surface area contributed by atoms with Crippen molar-refractivity contribution in [3.05, 3.63) is 48.6 Å². The van der Waals surface area contributed by atoms with E-state index in [0.717, 1.165) is 77.0 Å². The van der Waals surface area contributed by atoms with E-state index in [1.165, 1.54) is 122 Å². The van der Waals surface area contributed by atoms with Crippen LogP contribution in [-0.2, 0) is 33.2 Å². The first kappa shape index (κ1) is 77.0. The standard InChI is InChI=1S/C66H119NO18/c1-3-5-7-9-11-13-15-17-19-21-22-23-24-25-26-28-29-31-33-35-37-39-41-43-50(71)49(67-54(72)44-42-40-38-36-34-32-30-27-20-18-16-14-12-10-8-6-4-2)48-80-64-60(78)57(75)62(52(46-69)82-64)85-66-61(79)58(76)63(53(47-70)83-66)84-65-59(77)56(74)55(73)51(45-68)81-65/h12,14,18,20,33,35,41,43,49-53,55-66,68-71,73-79H,3-11,13,15-17,19,21-32,34,36-40,42,44-48H2,1-2H3,(H,67,72)/b14-12-,20-18-,35-33+,43-41+. The van der Waals surface area contributed by atoms with Gasteiger partial charge in [-0.3, -0.25) is 4.79 Å². The van der Waals surface area contributed by atoms with Crippen molar-refractivity contribution in [1.82, 2.24) is 5.32 Å². The summed E-state index contributed by atoms with van der Waals surface area (Å²) in [5, 5.41) is 120. The molecule has 0 aliphatic carbocycles. The number of amides is 1. The average molecular weight is 1210 g/mol. The van der Waals surface area contributed by atoms with Gasteiger partial charge in [-0.2, -0.15) is 0 Å². The molecule has 19 nitrogen and oxygen atoms in total. The Hall–Kier alpha value is -2.25. The number of carbonyl (C=O) groups is 1. The molecule has 0 spiro atoms. The van der Waals surface area contributed by atoms with Gasteiger partial charge in [0.2, 0.25) is 5.91 Å². The van der Waals surface area contributed by atoms with Crippen LogP contribution in [0, 0.1) is 0 Å². The number of aliphatic hydroxyl groups excluding tert-OH is 11. The Morgan fingerprint density at radius 1 is 0.424 bits per heavy atom. The Labute approximate surface area is 510 Å². The first-order chi connectivity index (χ1) is 41.3. The minimum Gasteiger partial charge on any atom is -0.394 e. The molecule has 0 aromatic carbocycles. The predicted octanol–water partition coefficient (Wildman–Crippen LogP) is 7.83. The van der Waals surface area contributed by atoms with Gasteiger partial charge in [-0.15, -0.1) is 0 Å². The summed E-state index contributed by atoms with van der Waals surface area (Å²) in [6, 6.07) is -0.995. The smallest absolute Gasteiger partial charge is 0.220 e. The van der Waals surface area contributed by atoms with Crippen LogP contribution in [0.5, 0.6) is 0 Å². The number of hydrogen-bond acceptors (Lipinski definition) is 18. The molecule has 19 heteroatoms. The minimum absolute atomic E-state index is 0.226. The number of carbonyl (C=O) groups excluding carboxylic acids is 1. The topological polar surface area (TPSA) is 307 Å². The van der Waals surface area contributed by atoms with E-state index in [9.17, 15) is 61.0 Å². The highest BCUT2D eigenvalue weighted by Gasteiger charge is 2.53. The van der Waals surface area contributed by atoms with Gasteiger partial charge in [0.15, 0.2) is 18.9 Å². The Morgan fingerprint density at radius 3 is 1.27 bits per heavy atom. The highest BCUT2D eigenvalue weighted by atomic mass is 16.8. The lowest BCUT2D eigenvalue weighted by molar-refractivity contribution is -0.379. The SMILES string of the molecule is CCCCC/C=C\C/C=C\CCCCCCCCCC(=O)NC(COC1OC(CO)C(OC2OC(CO)C(OC3OC(CO)C(O)C(O)C3O)C(O)C2O)C(O)C1O)C(O)/C=C/CC/C=C/CCCCCCCCCCCCCCCCCCC. The first-order valence-electron chi connectivity index (χ1n) is 33.4. The molecule has 3 saturated heterocycles. The van der Waals surface area contributed by atoms with E-state index < -0.39 is 124 Å². The summed E-state index contributed by atoms with van der Waals surface area (Å²) in [5.41, 5.74) is 0. The zero-order valence-electron chi connectivity index (χ0n) is 52.1. The van der Waals surface area contributed by atoms with Crippen LogP contribution in [0.15, 0.2) is 48.6 Å². The van der Waals surface area contributed by atoms with Crippen LogP contribution in [0.3, 0.4) is 0 Å². The molecule has 0 aromatic heterocycles.